The summed E-state index contributed by atoms with van der Waals surface area (Å²) in [5.41, 5.74) is 4.36. The number of hydrogen-bond acceptors (Lipinski definition) is 13. The number of nitro benzene ring substituents is 1. The van der Waals surface area contributed by atoms with Crippen molar-refractivity contribution in [1.82, 2.24) is 24.9 Å². The zero-order valence-corrected chi connectivity index (χ0v) is 38.6. The van der Waals surface area contributed by atoms with E-state index in [1.807, 2.05) is 24.3 Å². The topological polar surface area (TPSA) is 193 Å². The molecule has 9 rings (SSSR count). The molecule has 1 aliphatic carbocycles. The molecule has 1 saturated carbocycles. The van der Waals surface area contributed by atoms with Gasteiger partial charge in [-0.1, -0.05) is 29.8 Å². The predicted octanol–water partition coefficient (Wildman–Crippen LogP) is 7.77. The number of rotatable bonds is 13. The van der Waals surface area contributed by atoms with Crippen LogP contribution in [0.1, 0.15) is 61.9 Å². The van der Waals surface area contributed by atoms with Crippen LogP contribution in [0.3, 0.4) is 0 Å². The molecule has 4 N–H and O–H groups in total. The number of aromatic nitrogens is 2. The Kier molecular flexibility index (Phi) is 13.4. The van der Waals surface area contributed by atoms with Crippen LogP contribution in [0.4, 0.5) is 17.1 Å². The van der Waals surface area contributed by atoms with E-state index in [-0.39, 0.29) is 34.7 Å². The number of ether oxygens (including phenoxy) is 3. The average molecular weight is 940 g/mol. The fourth-order valence-corrected chi connectivity index (χ4v) is 10.7. The molecule has 2 saturated heterocycles. The highest BCUT2D eigenvalue weighted by atomic mass is 35.5. The Morgan fingerprint density at radius 1 is 1.03 bits per heavy atom. The van der Waals surface area contributed by atoms with Crippen molar-refractivity contribution in [2.45, 2.75) is 68.6 Å². The van der Waals surface area contributed by atoms with Gasteiger partial charge in [0.2, 0.25) is 0 Å². The van der Waals surface area contributed by atoms with Gasteiger partial charge in [-0.2, -0.15) is 0 Å². The van der Waals surface area contributed by atoms with Crippen molar-refractivity contribution < 1.29 is 32.3 Å². The van der Waals surface area contributed by atoms with E-state index in [0.29, 0.717) is 67.4 Å². The lowest BCUT2D eigenvalue weighted by Gasteiger charge is -2.39. The lowest BCUT2D eigenvalue weighted by molar-refractivity contribution is -0.384. The van der Waals surface area contributed by atoms with Crippen LogP contribution in [0.25, 0.3) is 16.6 Å². The van der Waals surface area contributed by atoms with E-state index in [0.717, 1.165) is 68.8 Å². The minimum Gasteiger partial charge on any atom is -0.453 e. The molecule has 0 radical (unpaired) electrons. The number of benzene rings is 3. The molecule has 16 nitrogen and oxygen atoms in total. The van der Waals surface area contributed by atoms with E-state index >= 15 is 0 Å². The van der Waals surface area contributed by atoms with Gasteiger partial charge in [0.05, 0.1) is 52.2 Å². The maximum atomic E-state index is 14.2. The zero-order valence-electron chi connectivity index (χ0n) is 37.1. The van der Waals surface area contributed by atoms with Gasteiger partial charge in [0, 0.05) is 80.9 Å². The van der Waals surface area contributed by atoms with E-state index in [1.165, 1.54) is 35.5 Å². The van der Waals surface area contributed by atoms with Crippen molar-refractivity contribution in [2.24, 2.45) is 5.92 Å². The number of nitrogens with zero attached hydrogens (tertiary/aromatic N) is 4. The summed E-state index contributed by atoms with van der Waals surface area (Å²) in [5.74, 6) is -0.0510. The summed E-state index contributed by atoms with van der Waals surface area (Å²) in [6.07, 6.45) is 7.65. The molecule has 5 aromatic rings. The van der Waals surface area contributed by atoms with Crippen LogP contribution in [-0.4, -0.2) is 111 Å². The molecule has 66 heavy (non-hydrogen) atoms. The van der Waals surface area contributed by atoms with E-state index < -0.39 is 31.4 Å². The molecule has 3 aliphatic heterocycles. The minimum absolute atomic E-state index is 0.0232. The summed E-state index contributed by atoms with van der Waals surface area (Å²) in [4.78, 5) is 37.6. The summed E-state index contributed by atoms with van der Waals surface area (Å²) < 4.78 is 48.8. The number of amides is 1. The van der Waals surface area contributed by atoms with Crippen LogP contribution in [0.2, 0.25) is 5.02 Å². The Balaban J connectivity index is 0.930. The van der Waals surface area contributed by atoms with Crippen molar-refractivity contribution in [3.63, 3.8) is 0 Å². The Bertz CT molecular complexity index is 2720. The van der Waals surface area contributed by atoms with Crippen LogP contribution in [-0.2, 0) is 19.5 Å². The molecule has 1 atom stereocenters. The van der Waals surface area contributed by atoms with Crippen molar-refractivity contribution in [1.29, 1.82) is 0 Å². The highest BCUT2D eigenvalue weighted by molar-refractivity contribution is 7.90. The third-order valence-electron chi connectivity index (χ3n) is 13.1. The molecule has 5 heterocycles. The van der Waals surface area contributed by atoms with Gasteiger partial charge >= 0.3 is 0 Å². The molecular formula is C48H55ClN8O8S. The number of morpholine rings is 1. The van der Waals surface area contributed by atoms with Gasteiger partial charge < -0.3 is 34.7 Å². The number of halogens is 1. The predicted molar refractivity (Wildman–Crippen MR) is 254 cm³/mol. The van der Waals surface area contributed by atoms with Crippen molar-refractivity contribution in [2.75, 3.05) is 69.2 Å². The van der Waals surface area contributed by atoms with Gasteiger partial charge in [-0.05, 0) is 111 Å². The molecule has 1 amide bonds. The number of hydrogen-bond donors (Lipinski definition) is 4. The number of anilines is 2. The third kappa shape index (κ3) is 10.4. The van der Waals surface area contributed by atoms with Gasteiger partial charge in [-0.25, -0.2) is 18.1 Å². The van der Waals surface area contributed by atoms with Gasteiger partial charge in [0.25, 0.3) is 21.6 Å². The fourth-order valence-electron chi connectivity index (χ4n) is 9.57. The van der Waals surface area contributed by atoms with Gasteiger partial charge in [0.15, 0.2) is 5.75 Å². The third-order valence-corrected chi connectivity index (χ3v) is 14.7. The second kappa shape index (κ2) is 19.3. The van der Waals surface area contributed by atoms with E-state index in [1.54, 1.807) is 18.3 Å². The summed E-state index contributed by atoms with van der Waals surface area (Å²) in [6.45, 7) is 10.4. The fraction of sp³-hybridized carbons (Fsp3) is 0.417. The first-order valence-electron chi connectivity index (χ1n) is 22.6. The molecule has 3 fully saturated rings. The Labute approximate surface area is 389 Å². The highest BCUT2D eigenvalue weighted by Crippen LogP contribution is 2.40. The molecule has 0 spiro atoms. The molecule has 3 aromatic carbocycles. The first-order valence-corrected chi connectivity index (χ1v) is 24.4. The number of para-hydroxylation sites is 1. The number of sulfonamides is 1. The van der Waals surface area contributed by atoms with Crippen LogP contribution in [0.5, 0.6) is 11.5 Å². The number of nitrogens with one attached hydrogen (secondary N) is 4. The standard InChI is InChI=1S/C48H55ClN8O8S/c1-48(2)26-40(31-6-10-35(49)11-7-31)34(30-64-48)29-55-19-21-56(22-20-55)42-5-3-4-39(45(42)65-37-24-33-16-17-51-46(33)52-27-37)47(58)54-66(61,62)38-14-15-41(43(25-38)57(59)60)53-36-12-8-32(9-13-36)44-28-50-18-23-63-44/h3-7,10-11,14-17,24-25,27,32,36,44,50,53H,8-9,12-13,18-23,26,28-30H2,1-2H3,(H,51,52)(H,54,58)/t32-,36-,44?. The first-order chi connectivity index (χ1) is 31.8. The SMILES string of the molecule is CC1(C)CC(c2ccc(Cl)cc2)=C(CN2CCN(c3cccc(C(=O)NS(=O)(=O)c4ccc(N[C@H]5CC[C@H](C6CNCCO6)CC5)c([N+](=O)[O-])c4)c3Oc3cnc4[nH]ccc4c3)CC2)CO1. The number of H-pyrrole nitrogens is 1. The van der Waals surface area contributed by atoms with Crippen molar-refractivity contribution in [3.8, 4) is 11.5 Å². The number of nitro groups is 1. The zero-order chi connectivity index (χ0) is 46.0. The summed E-state index contributed by atoms with van der Waals surface area (Å²) in [5, 5.41) is 20.5. The number of fused-ring (bicyclic) bond motifs is 1. The van der Waals surface area contributed by atoms with E-state index in [9.17, 15) is 23.3 Å². The molecule has 348 valence electrons. The molecular weight excluding hydrogens is 884 g/mol. The number of aromatic amines is 1. The highest BCUT2D eigenvalue weighted by Gasteiger charge is 2.33. The Morgan fingerprint density at radius 2 is 1.82 bits per heavy atom. The number of pyridine rings is 1. The minimum atomic E-state index is -4.60. The van der Waals surface area contributed by atoms with Crippen molar-refractivity contribution >= 4 is 61.2 Å². The molecule has 4 aliphatic rings. The van der Waals surface area contributed by atoms with Gasteiger partial charge in [-0.15, -0.1) is 0 Å². The molecule has 0 bridgehead atoms. The number of carbonyl (C=O) groups excluding carboxylic acids is 1. The van der Waals surface area contributed by atoms with Gasteiger partial charge in [-0.3, -0.25) is 19.8 Å². The van der Waals surface area contributed by atoms with Crippen LogP contribution in [0, 0.1) is 16.0 Å². The van der Waals surface area contributed by atoms with E-state index in [2.05, 4.69) is 61.1 Å². The number of piperazine rings is 1. The quantitative estimate of drug-likeness (QED) is 0.0662. The summed E-state index contributed by atoms with van der Waals surface area (Å²) in [6, 6.07) is 20.3. The Morgan fingerprint density at radius 3 is 2.56 bits per heavy atom. The molecule has 1 unspecified atom stereocenters. The van der Waals surface area contributed by atoms with Crippen LogP contribution < -0.4 is 25.0 Å². The maximum Gasteiger partial charge on any atom is 0.293 e. The molecule has 2 aromatic heterocycles. The van der Waals surface area contributed by atoms with E-state index in [4.69, 9.17) is 25.8 Å². The Hall–Kier alpha value is -5.56. The first kappa shape index (κ1) is 45.6. The maximum absolute atomic E-state index is 14.2. The number of carbonyl (C=O) groups is 1. The molecule has 18 heteroatoms. The monoisotopic (exact) mass is 938 g/mol. The lowest BCUT2D eigenvalue weighted by atomic mass is 9.82. The van der Waals surface area contributed by atoms with Crippen molar-refractivity contribution in [3.05, 3.63) is 117 Å². The summed E-state index contributed by atoms with van der Waals surface area (Å²) in [7, 11) is -4.60. The second-order valence-corrected chi connectivity index (χ2v) is 20.3. The smallest absolute Gasteiger partial charge is 0.293 e. The largest absolute Gasteiger partial charge is 0.453 e. The average Bonchev–Trinajstić information content (AvgIpc) is 3.79. The second-order valence-electron chi connectivity index (χ2n) is 18.2. The normalized spacial score (nSPS) is 21.7. The lowest BCUT2D eigenvalue weighted by Crippen LogP contribution is -2.48. The van der Waals surface area contributed by atoms with Crippen LogP contribution in [0.15, 0.2) is 95.7 Å². The van der Waals surface area contributed by atoms with Crippen LogP contribution >= 0.6 is 11.6 Å². The van der Waals surface area contributed by atoms with Gasteiger partial charge in [0.1, 0.15) is 17.1 Å². The summed E-state index contributed by atoms with van der Waals surface area (Å²) >= 11 is 6.24.